The molecule has 98 valence electrons. The fourth-order valence-corrected chi connectivity index (χ4v) is 4.26. The van der Waals surface area contributed by atoms with Crippen LogP contribution in [0.4, 0.5) is 0 Å². The number of hydrogen-bond acceptors (Lipinski definition) is 5. The van der Waals surface area contributed by atoms with E-state index in [1.165, 1.54) is 23.1 Å². The Morgan fingerprint density at radius 1 is 1.50 bits per heavy atom. The third kappa shape index (κ3) is 2.34. The lowest BCUT2D eigenvalue weighted by atomic mass is 9.85. The molecule has 0 fully saturated rings. The van der Waals surface area contributed by atoms with Gasteiger partial charge >= 0.3 is 5.97 Å². The van der Waals surface area contributed by atoms with Crippen LogP contribution in [0.1, 0.15) is 45.9 Å². The molecule has 18 heavy (non-hydrogen) atoms. The minimum atomic E-state index is -0.291. The molecular weight excluding hydrogens is 268 g/mol. The topological polar surface area (TPSA) is 43.4 Å². The van der Waals surface area contributed by atoms with Crippen LogP contribution in [0.3, 0.4) is 0 Å². The van der Waals surface area contributed by atoms with Gasteiger partial charge in [-0.1, -0.05) is 6.92 Å². The summed E-state index contributed by atoms with van der Waals surface area (Å²) in [6, 6.07) is 0. The summed E-state index contributed by atoms with van der Waals surface area (Å²) in [4.78, 5) is 24.7. The number of ketones is 1. The van der Waals surface area contributed by atoms with Crippen molar-refractivity contribution in [3.63, 3.8) is 0 Å². The fourth-order valence-electron chi connectivity index (χ4n) is 2.26. The van der Waals surface area contributed by atoms with E-state index in [9.17, 15) is 9.59 Å². The molecule has 1 aliphatic carbocycles. The van der Waals surface area contributed by atoms with Crippen LogP contribution in [0.15, 0.2) is 4.21 Å². The van der Waals surface area contributed by atoms with Crippen molar-refractivity contribution >= 4 is 34.9 Å². The molecule has 5 heteroatoms. The summed E-state index contributed by atoms with van der Waals surface area (Å²) in [5.74, 6) is 0.184. The highest BCUT2D eigenvalue weighted by atomic mass is 32.2. The number of hydrogen-bond donors (Lipinski definition) is 0. The minimum absolute atomic E-state index is 0.167. The molecule has 0 spiro atoms. The molecule has 1 atom stereocenters. The first-order valence-corrected chi connectivity index (χ1v) is 8.02. The lowest BCUT2D eigenvalue weighted by molar-refractivity contribution is 0.0530. The Kier molecular flexibility index (Phi) is 4.12. The maximum atomic E-state index is 12.1. The number of thioether (sulfide) groups is 1. The Morgan fingerprint density at radius 3 is 2.83 bits per heavy atom. The Hall–Kier alpha value is -0.810. The molecule has 1 heterocycles. The van der Waals surface area contributed by atoms with E-state index in [1.54, 1.807) is 6.92 Å². The van der Waals surface area contributed by atoms with Crippen molar-refractivity contribution in [2.75, 3.05) is 12.9 Å². The Labute approximate surface area is 115 Å². The molecular formula is C13H16O3S2. The predicted octanol–water partition coefficient (Wildman–Crippen LogP) is 3.41. The first kappa shape index (κ1) is 13.6. The van der Waals surface area contributed by atoms with E-state index in [2.05, 4.69) is 0 Å². The molecule has 0 aliphatic heterocycles. The van der Waals surface area contributed by atoms with Crippen molar-refractivity contribution in [3.05, 3.63) is 16.0 Å². The molecule has 1 aromatic heterocycles. The maximum Gasteiger partial charge on any atom is 0.348 e. The Balaban J connectivity index is 2.50. The van der Waals surface area contributed by atoms with Crippen LogP contribution in [-0.2, 0) is 11.2 Å². The first-order valence-electron chi connectivity index (χ1n) is 5.98. The van der Waals surface area contributed by atoms with E-state index in [1.807, 2.05) is 13.2 Å². The standard InChI is InChI=1S/C13H16O3S2/c1-4-16-12(15)11-8-5-7(2)6-9(14)10(8)13(17-3)18-11/h7H,4-6H2,1-3H3. The summed E-state index contributed by atoms with van der Waals surface area (Å²) in [6.45, 7) is 4.21. The number of thiophene rings is 1. The van der Waals surface area contributed by atoms with Crippen molar-refractivity contribution < 1.29 is 14.3 Å². The second-order valence-corrected chi connectivity index (χ2v) is 6.53. The van der Waals surface area contributed by atoms with Gasteiger partial charge in [-0.3, -0.25) is 4.79 Å². The minimum Gasteiger partial charge on any atom is -0.462 e. The summed E-state index contributed by atoms with van der Waals surface area (Å²) in [5, 5.41) is 0. The normalized spacial score (nSPS) is 18.6. The number of ether oxygens (including phenoxy) is 1. The molecule has 0 amide bonds. The second kappa shape index (κ2) is 5.45. The largest absolute Gasteiger partial charge is 0.462 e. The third-order valence-electron chi connectivity index (χ3n) is 2.99. The lowest BCUT2D eigenvalue weighted by Gasteiger charge is -2.18. The van der Waals surface area contributed by atoms with Crippen LogP contribution >= 0.6 is 23.1 Å². The number of Topliss-reactive ketones (excluding diaryl/α,β-unsaturated/α-hetero) is 1. The van der Waals surface area contributed by atoms with Gasteiger partial charge in [0.15, 0.2) is 5.78 Å². The second-order valence-electron chi connectivity index (χ2n) is 4.43. The van der Waals surface area contributed by atoms with Crippen molar-refractivity contribution in [1.29, 1.82) is 0 Å². The van der Waals surface area contributed by atoms with Gasteiger partial charge in [-0.15, -0.1) is 23.1 Å². The molecule has 0 bridgehead atoms. The van der Waals surface area contributed by atoms with Gasteiger partial charge in [-0.25, -0.2) is 4.79 Å². The maximum absolute atomic E-state index is 12.1. The fraction of sp³-hybridized carbons (Fsp3) is 0.538. The molecule has 2 rings (SSSR count). The highest BCUT2D eigenvalue weighted by Crippen LogP contribution is 2.40. The quantitative estimate of drug-likeness (QED) is 0.630. The highest BCUT2D eigenvalue weighted by Gasteiger charge is 2.32. The lowest BCUT2D eigenvalue weighted by Crippen LogP contribution is -2.19. The number of carbonyl (C=O) groups excluding carboxylic acids is 2. The number of esters is 1. The zero-order valence-electron chi connectivity index (χ0n) is 10.7. The van der Waals surface area contributed by atoms with E-state index in [-0.39, 0.29) is 11.8 Å². The third-order valence-corrected chi connectivity index (χ3v) is 5.32. The van der Waals surface area contributed by atoms with Gasteiger partial charge in [0.05, 0.1) is 10.8 Å². The van der Waals surface area contributed by atoms with Crippen LogP contribution in [0.2, 0.25) is 0 Å². The first-order chi connectivity index (χ1) is 8.58. The van der Waals surface area contributed by atoms with Gasteiger partial charge in [-0.05, 0) is 31.1 Å². The SMILES string of the molecule is CCOC(=O)c1sc(SC)c2c1CC(C)CC2=O. The van der Waals surface area contributed by atoms with E-state index >= 15 is 0 Å². The summed E-state index contributed by atoms with van der Waals surface area (Å²) >= 11 is 2.93. The van der Waals surface area contributed by atoms with Crippen LogP contribution < -0.4 is 0 Å². The molecule has 0 aromatic carbocycles. The molecule has 1 aliphatic rings. The van der Waals surface area contributed by atoms with Gasteiger partial charge in [0.25, 0.3) is 0 Å². The van der Waals surface area contributed by atoms with Crippen molar-refractivity contribution in [2.45, 2.75) is 30.9 Å². The smallest absolute Gasteiger partial charge is 0.348 e. The summed E-state index contributed by atoms with van der Waals surface area (Å²) in [7, 11) is 0. The molecule has 0 saturated carbocycles. The highest BCUT2D eigenvalue weighted by molar-refractivity contribution is 8.00. The van der Waals surface area contributed by atoms with E-state index < -0.39 is 0 Å². The zero-order valence-corrected chi connectivity index (χ0v) is 12.4. The van der Waals surface area contributed by atoms with E-state index in [4.69, 9.17) is 4.74 Å². The van der Waals surface area contributed by atoms with Gasteiger partial charge in [-0.2, -0.15) is 0 Å². The number of rotatable bonds is 3. The van der Waals surface area contributed by atoms with Crippen LogP contribution in [0.25, 0.3) is 0 Å². The van der Waals surface area contributed by atoms with Crippen molar-refractivity contribution in [2.24, 2.45) is 5.92 Å². The monoisotopic (exact) mass is 284 g/mol. The molecule has 3 nitrogen and oxygen atoms in total. The molecule has 0 N–H and O–H groups in total. The van der Waals surface area contributed by atoms with E-state index in [0.717, 1.165) is 21.8 Å². The molecule has 1 unspecified atom stereocenters. The number of fused-ring (bicyclic) bond motifs is 1. The Morgan fingerprint density at radius 2 is 2.22 bits per heavy atom. The summed E-state index contributed by atoms with van der Waals surface area (Å²) in [5.41, 5.74) is 1.68. The summed E-state index contributed by atoms with van der Waals surface area (Å²) < 4.78 is 6.02. The van der Waals surface area contributed by atoms with Gasteiger partial charge < -0.3 is 4.74 Å². The van der Waals surface area contributed by atoms with Crippen LogP contribution in [0, 0.1) is 5.92 Å². The number of carbonyl (C=O) groups is 2. The van der Waals surface area contributed by atoms with Gasteiger partial charge in [0.2, 0.25) is 0 Å². The van der Waals surface area contributed by atoms with E-state index in [0.29, 0.717) is 23.8 Å². The van der Waals surface area contributed by atoms with Crippen LogP contribution in [-0.4, -0.2) is 24.6 Å². The average Bonchev–Trinajstić information content (AvgIpc) is 2.68. The predicted molar refractivity (Wildman–Crippen MR) is 73.9 cm³/mol. The molecule has 0 radical (unpaired) electrons. The van der Waals surface area contributed by atoms with Gasteiger partial charge in [0.1, 0.15) is 4.88 Å². The average molecular weight is 284 g/mol. The van der Waals surface area contributed by atoms with Gasteiger partial charge in [0, 0.05) is 12.0 Å². The van der Waals surface area contributed by atoms with Crippen molar-refractivity contribution in [3.8, 4) is 0 Å². The molecule has 0 saturated heterocycles. The molecule has 1 aromatic rings. The zero-order chi connectivity index (χ0) is 13.3. The summed E-state index contributed by atoms with van der Waals surface area (Å²) in [6.07, 6.45) is 3.32. The van der Waals surface area contributed by atoms with Crippen molar-refractivity contribution in [1.82, 2.24) is 0 Å². The van der Waals surface area contributed by atoms with Crippen LogP contribution in [0.5, 0.6) is 0 Å². The Bertz CT molecular complexity index is 491.